The van der Waals surface area contributed by atoms with Crippen LogP contribution in [0.15, 0.2) is 121 Å². The molecule has 1 unspecified atom stereocenters. The van der Waals surface area contributed by atoms with Gasteiger partial charge in [0, 0.05) is 24.9 Å². The van der Waals surface area contributed by atoms with E-state index in [1.54, 1.807) is 0 Å². The molecule has 202 valence electrons. The molecule has 0 radical (unpaired) electrons. The van der Waals surface area contributed by atoms with Crippen LogP contribution >= 0.6 is 8.58 Å². The highest BCUT2D eigenvalue weighted by molar-refractivity contribution is 7.56. The van der Waals surface area contributed by atoms with Gasteiger partial charge in [-0.1, -0.05) is 124 Å². The molecule has 1 atom stereocenters. The topological polar surface area (TPSA) is 12.5 Å². The molecule has 40 heavy (non-hydrogen) atoms. The number of ether oxygens (including phenoxy) is 1. The zero-order valence-corrected chi connectivity index (χ0v) is 24.7. The maximum atomic E-state index is 6.50. The molecule has 0 aromatic heterocycles. The summed E-state index contributed by atoms with van der Waals surface area (Å²) in [5, 5.41) is 2.70. The molecule has 2 nitrogen and oxygen atoms in total. The average molecular weight is 544 g/mol. The second-order valence-corrected chi connectivity index (χ2v) is 11.9. The third kappa shape index (κ3) is 7.48. The summed E-state index contributed by atoms with van der Waals surface area (Å²) < 4.78 is 6.50. The first-order valence-electron chi connectivity index (χ1n) is 14.0. The molecule has 0 N–H and O–H groups in total. The Morgan fingerprint density at radius 2 is 1.15 bits per heavy atom. The Labute approximate surface area is 241 Å². The van der Waals surface area contributed by atoms with Gasteiger partial charge in [0.2, 0.25) is 0 Å². The molecule has 0 bridgehead atoms. The van der Waals surface area contributed by atoms with E-state index in [0.29, 0.717) is 15.2 Å². The number of benzene rings is 5. The van der Waals surface area contributed by atoms with Crippen molar-refractivity contribution in [3.63, 3.8) is 0 Å². The first kappa shape index (κ1) is 27.8. The van der Waals surface area contributed by atoms with Crippen LogP contribution in [0.4, 0.5) is 0 Å². The molecule has 5 rings (SSSR count). The normalized spacial score (nSPS) is 11.4. The van der Waals surface area contributed by atoms with Gasteiger partial charge in [-0.05, 0) is 71.1 Å². The fourth-order valence-electron chi connectivity index (χ4n) is 5.23. The van der Waals surface area contributed by atoms with Gasteiger partial charge in [0.1, 0.15) is 12.4 Å². The minimum atomic E-state index is 0.517. The Kier molecular flexibility index (Phi) is 9.45. The molecule has 0 spiro atoms. The quantitative estimate of drug-likeness (QED) is 0.156. The monoisotopic (exact) mass is 543 g/mol. The fraction of sp³-hybridized carbons (Fsp3) is 0.189. The number of hydrogen-bond donors (Lipinski definition) is 0. The highest BCUT2D eigenvalue weighted by atomic mass is 31.1. The summed E-state index contributed by atoms with van der Waals surface area (Å²) in [5.74, 6) is 1.02. The van der Waals surface area contributed by atoms with E-state index < -0.39 is 0 Å². The second kappa shape index (κ2) is 13.6. The third-order valence-corrected chi connectivity index (χ3v) is 8.76. The lowest BCUT2D eigenvalue weighted by atomic mass is 10.1. The van der Waals surface area contributed by atoms with Gasteiger partial charge in [-0.3, -0.25) is 4.90 Å². The zero-order valence-electron chi connectivity index (χ0n) is 23.7. The van der Waals surface area contributed by atoms with E-state index in [1.165, 1.54) is 49.6 Å². The van der Waals surface area contributed by atoms with E-state index in [4.69, 9.17) is 4.74 Å². The van der Waals surface area contributed by atoms with Crippen LogP contribution in [0.2, 0.25) is 0 Å². The molecule has 0 heterocycles. The zero-order chi connectivity index (χ0) is 27.7. The van der Waals surface area contributed by atoms with E-state index in [0.717, 1.165) is 25.4 Å². The van der Waals surface area contributed by atoms with Crippen LogP contribution in [-0.4, -0.2) is 4.90 Å². The molecule has 5 aromatic rings. The van der Waals surface area contributed by atoms with E-state index in [2.05, 4.69) is 141 Å². The highest BCUT2D eigenvalue weighted by Crippen LogP contribution is 2.28. The standard InChI is InChI=1S/C37H38NOP/c1-28-22-30(3)36(39-27-33-19-11-6-12-20-33)35(23-28)40-37-29(2)14-13-21-34(37)26-38(24-31-15-7-4-8-16-31)25-32-17-9-5-10-18-32/h4-23,40H,24-27H2,1-3H3. The Morgan fingerprint density at radius 3 is 1.75 bits per heavy atom. The number of hydrogen-bond acceptors (Lipinski definition) is 2. The lowest BCUT2D eigenvalue weighted by molar-refractivity contribution is 0.248. The van der Waals surface area contributed by atoms with Crippen molar-refractivity contribution in [2.75, 3.05) is 0 Å². The van der Waals surface area contributed by atoms with Crippen molar-refractivity contribution in [2.24, 2.45) is 0 Å². The number of rotatable bonds is 11. The molecule has 0 aliphatic heterocycles. The Bertz CT molecular complexity index is 1480. The molecule has 3 heteroatoms. The molecule has 0 saturated carbocycles. The highest BCUT2D eigenvalue weighted by Gasteiger charge is 2.16. The lowest BCUT2D eigenvalue weighted by Gasteiger charge is -2.25. The Morgan fingerprint density at radius 1 is 0.575 bits per heavy atom. The smallest absolute Gasteiger partial charge is 0.130 e. The van der Waals surface area contributed by atoms with Crippen LogP contribution in [0.5, 0.6) is 5.75 Å². The Hall–Kier alpha value is -3.71. The van der Waals surface area contributed by atoms with E-state index in [1.807, 2.05) is 6.07 Å². The van der Waals surface area contributed by atoms with E-state index >= 15 is 0 Å². The van der Waals surface area contributed by atoms with Crippen molar-refractivity contribution in [1.29, 1.82) is 0 Å². The molecule has 0 aliphatic rings. The van der Waals surface area contributed by atoms with Crippen LogP contribution in [0.1, 0.15) is 38.9 Å². The van der Waals surface area contributed by atoms with Crippen molar-refractivity contribution < 1.29 is 4.74 Å². The van der Waals surface area contributed by atoms with Gasteiger partial charge in [-0.25, -0.2) is 0 Å². The van der Waals surface area contributed by atoms with Crippen molar-refractivity contribution in [3.05, 3.63) is 160 Å². The van der Waals surface area contributed by atoms with Crippen LogP contribution in [0, 0.1) is 20.8 Å². The second-order valence-electron chi connectivity index (χ2n) is 10.6. The molecule has 5 aromatic carbocycles. The molecular formula is C37H38NOP. The third-order valence-electron chi connectivity index (χ3n) is 7.16. The summed E-state index contributed by atoms with van der Waals surface area (Å²) in [6.07, 6.45) is 0. The summed E-state index contributed by atoms with van der Waals surface area (Å²) in [6, 6.07) is 43.3. The van der Waals surface area contributed by atoms with Gasteiger partial charge >= 0.3 is 0 Å². The van der Waals surface area contributed by atoms with E-state index in [9.17, 15) is 0 Å². The SMILES string of the molecule is Cc1cc(C)c(OCc2ccccc2)c(Pc2c(C)cccc2CN(Cc2ccccc2)Cc2ccccc2)c1. The van der Waals surface area contributed by atoms with Crippen molar-refractivity contribution >= 4 is 19.2 Å². The van der Waals surface area contributed by atoms with Crippen molar-refractivity contribution in [3.8, 4) is 5.75 Å². The summed E-state index contributed by atoms with van der Waals surface area (Å²) in [6.45, 7) is 9.87. The van der Waals surface area contributed by atoms with Crippen molar-refractivity contribution in [2.45, 2.75) is 47.0 Å². The fourth-order valence-corrected chi connectivity index (χ4v) is 6.79. The summed E-state index contributed by atoms with van der Waals surface area (Å²) in [5.41, 5.74) is 9.05. The molecule has 0 saturated heterocycles. The van der Waals surface area contributed by atoms with Gasteiger partial charge in [0.25, 0.3) is 0 Å². The predicted molar refractivity (Wildman–Crippen MR) is 171 cm³/mol. The van der Waals surface area contributed by atoms with E-state index in [-0.39, 0.29) is 0 Å². The Balaban J connectivity index is 1.44. The van der Waals surface area contributed by atoms with Crippen LogP contribution in [0.3, 0.4) is 0 Å². The first-order chi connectivity index (χ1) is 19.5. The van der Waals surface area contributed by atoms with Gasteiger partial charge in [-0.2, -0.15) is 0 Å². The van der Waals surface area contributed by atoms with Crippen LogP contribution in [0.25, 0.3) is 0 Å². The predicted octanol–water partition coefficient (Wildman–Crippen LogP) is 8.02. The van der Waals surface area contributed by atoms with Crippen molar-refractivity contribution in [1.82, 2.24) is 4.90 Å². The molecule has 0 amide bonds. The maximum absolute atomic E-state index is 6.50. The van der Waals surface area contributed by atoms with Gasteiger partial charge < -0.3 is 4.74 Å². The van der Waals surface area contributed by atoms with Crippen LogP contribution in [-0.2, 0) is 26.2 Å². The summed E-state index contributed by atoms with van der Waals surface area (Å²) in [7, 11) is 0.517. The lowest BCUT2D eigenvalue weighted by Crippen LogP contribution is -2.26. The van der Waals surface area contributed by atoms with Gasteiger partial charge in [-0.15, -0.1) is 0 Å². The summed E-state index contributed by atoms with van der Waals surface area (Å²) in [4.78, 5) is 2.56. The molecule has 0 aliphatic carbocycles. The van der Waals surface area contributed by atoms with Gasteiger partial charge in [0.05, 0.1) is 0 Å². The van der Waals surface area contributed by atoms with Crippen LogP contribution < -0.4 is 15.3 Å². The first-order valence-corrected chi connectivity index (χ1v) is 15.0. The largest absolute Gasteiger partial charge is 0.488 e. The molecular weight excluding hydrogens is 505 g/mol. The number of nitrogens with zero attached hydrogens (tertiary/aromatic N) is 1. The minimum absolute atomic E-state index is 0.517. The maximum Gasteiger partial charge on any atom is 0.130 e. The minimum Gasteiger partial charge on any atom is -0.488 e. The molecule has 0 fully saturated rings. The number of aryl methyl sites for hydroxylation is 3. The van der Waals surface area contributed by atoms with Gasteiger partial charge in [0.15, 0.2) is 0 Å². The average Bonchev–Trinajstić information content (AvgIpc) is 2.96. The summed E-state index contributed by atoms with van der Waals surface area (Å²) >= 11 is 0.